The van der Waals surface area contributed by atoms with Crippen molar-refractivity contribution in [1.82, 2.24) is 10.3 Å². The van der Waals surface area contributed by atoms with Gasteiger partial charge in [0.25, 0.3) is 5.91 Å². The molecule has 1 amide bonds. The van der Waals surface area contributed by atoms with E-state index < -0.39 is 0 Å². The van der Waals surface area contributed by atoms with Crippen molar-refractivity contribution in [3.8, 4) is 0 Å². The third-order valence-electron chi connectivity index (χ3n) is 1.68. The van der Waals surface area contributed by atoms with Gasteiger partial charge in [-0.05, 0) is 19.1 Å². The Hall–Kier alpha value is -0.840. The van der Waals surface area contributed by atoms with Crippen molar-refractivity contribution in [1.29, 1.82) is 0 Å². The van der Waals surface area contributed by atoms with Gasteiger partial charge in [-0.15, -0.1) is 12.4 Å². The second-order valence-corrected chi connectivity index (χ2v) is 3.34. The van der Waals surface area contributed by atoms with E-state index in [0.29, 0.717) is 17.4 Å². The van der Waals surface area contributed by atoms with Crippen LogP contribution in [0.1, 0.15) is 17.4 Å². The lowest BCUT2D eigenvalue weighted by atomic mass is 10.3. The number of nitrogens with zero attached hydrogens (tertiary/aromatic N) is 1. The molecule has 1 aromatic heterocycles. The smallest absolute Gasteiger partial charge is 0.270 e. The van der Waals surface area contributed by atoms with E-state index >= 15 is 0 Å². The van der Waals surface area contributed by atoms with Crippen LogP contribution < -0.4 is 11.1 Å². The molecule has 15 heavy (non-hydrogen) atoms. The summed E-state index contributed by atoms with van der Waals surface area (Å²) in [6.07, 6.45) is 0. The van der Waals surface area contributed by atoms with E-state index in [1.807, 2.05) is 6.92 Å². The van der Waals surface area contributed by atoms with Crippen LogP contribution in [0.25, 0.3) is 0 Å². The van der Waals surface area contributed by atoms with Crippen LogP contribution in [0.5, 0.6) is 0 Å². The maximum Gasteiger partial charge on any atom is 0.270 e. The van der Waals surface area contributed by atoms with Crippen LogP contribution in [0.4, 0.5) is 0 Å². The molecule has 84 valence electrons. The van der Waals surface area contributed by atoms with Crippen molar-refractivity contribution in [2.45, 2.75) is 13.0 Å². The van der Waals surface area contributed by atoms with Gasteiger partial charge in [-0.2, -0.15) is 0 Å². The number of rotatable bonds is 3. The first kappa shape index (κ1) is 14.2. The zero-order valence-corrected chi connectivity index (χ0v) is 9.81. The maximum absolute atomic E-state index is 11.5. The van der Waals surface area contributed by atoms with Crippen LogP contribution in [0.2, 0.25) is 5.15 Å². The predicted octanol–water partition coefficient (Wildman–Crippen LogP) is 1.23. The van der Waals surface area contributed by atoms with E-state index in [4.69, 9.17) is 17.3 Å². The van der Waals surface area contributed by atoms with E-state index in [0.717, 1.165) is 0 Å². The molecule has 0 unspecified atom stereocenters. The summed E-state index contributed by atoms with van der Waals surface area (Å²) in [7, 11) is 0. The fraction of sp³-hybridized carbons (Fsp3) is 0.333. The summed E-state index contributed by atoms with van der Waals surface area (Å²) in [6, 6.07) is 4.83. The minimum atomic E-state index is -0.259. The summed E-state index contributed by atoms with van der Waals surface area (Å²) >= 11 is 5.64. The van der Waals surface area contributed by atoms with Crippen molar-refractivity contribution in [3.63, 3.8) is 0 Å². The number of hydrogen-bond donors (Lipinski definition) is 2. The molecule has 0 aliphatic rings. The molecule has 1 rings (SSSR count). The highest BCUT2D eigenvalue weighted by atomic mass is 35.5. The van der Waals surface area contributed by atoms with Crippen molar-refractivity contribution < 1.29 is 4.79 Å². The molecule has 1 aromatic rings. The van der Waals surface area contributed by atoms with E-state index in [-0.39, 0.29) is 24.4 Å². The van der Waals surface area contributed by atoms with E-state index in [9.17, 15) is 4.79 Å². The summed E-state index contributed by atoms with van der Waals surface area (Å²) in [4.78, 5) is 15.4. The number of carbonyl (C=O) groups is 1. The van der Waals surface area contributed by atoms with Gasteiger partial charge in [-0.1, -0.05) is 17.7 Å². The molecular weight excluding hydrogens is 237 g/mol. The normalized spacial score (nSPS) is 11.4. The topological polar surface area (TPSA) is 68.0 Å². The van der Waals surface area contributed by atoms with Gasteiger partial charge in [0.15, 0.2) is 0 Å². The molecule has 4 nitrogen and oxygen atoms in total. The number of nitrogens with two attached hydrogens (primary N) is 1. The molecule has 0 aliphatic carbocycles. The second-order valence-electron chi connectivity index (χ2n) is 2.96. The van der Waals surface area contributed by atoms with Gasteiger partial charge in [0, 0.05) is 12.6 Å². The lowest BCUT2D eigenvalue weighted by molar-refractivity contribution is 0.0936. The van der Waals surface area contributed by atoms with Crippen molar-refractivity contribution >= 4 is 29.9 Å². The first-order valence-corrected chi connectivity index (χ1v) is 4.64. The molecule has 0 aliphatic heterocycles. The fourth-order valence-corrected chi connectivity index (χ4v) is 1.06. The van der Waals surface area contributed by atoms with Gasteiger partial charge >= 0.3 is 0 Å². The molecule has 6 heteroatoms. The van der Waals surface area contributed by atoms with Crippen LogP contribution in [0.3, 0.4) is 0 Å². The van der Waals surface area contributed by atoms with Gasteiger partial charge in [0.2, 0.25) is 0 Å². The Morgan fingerprint density at radius 1 is 1.67 bits per heavy atom. The Morgan fingerprint density at radius 3 is 2.87 bits per heavy atom. The Bertz CT molecular complexity index is 333. The molecule has 1 heterocycles. The molecule has 0 aromatic carbocycles. The Morgan fingerprint density at radius 2 is 2.33 bits per heavy atom. The van der Waals surface area contributed by atoms with Gasteiger partial charge in [-0.3, -0.25) is 4.79 Å². The van der Waals surface area contributed by atoms with Crippen molar-refractivity contribution in [2.24, 2.45) is 5.73 Å². The summed E-state index contributed by atoms with van der Waals surface area (Å²) in [5, 5.41) is 2.99. The lowest BCUT2D eigenvalue weighted by Gasteiger charge is -2.10. The third kappa shape index (κ3) is 4.46. The van der Waals surface area contributed by atoms with E-state index in [1.54, 1.807) is 18.2 Å². The predicted molar refractivity (Wildman–Crippen MR) is 62.5 cm³/mol. The molecule has 0 spiro atoms. The van der Waals surface area contributed by atoms with Crippen LogP contribution >= 0.6 is 24.0 Å². The van der Waals surface area contributed by atoms with Crippen LogP contribution in [-0.4, -0.2) is 23.5 Å². The number of halogens is 2. The van der Waals surface area contributed by atoms with E-state index in [2.05, 4.69) is 10.3 Å². The minimum absolute atomic E-state index is 0. The molecule has 0 radical (unpaired) electrons. The zero-order chi connectivity index (χ0) is 10.6. The molecule has 0 saturated carbocycles. The molecule has 0 bridgehead atoms. The van der Waals surface area contributed by atoms with E-state index in [1.165, 1.54) is 0 Å². The summed E-state index contributed by atoms with van der Waals surface area (Å²) < 4.78 is 0. The van der Waals surface area contributed by atoms with Gasteiger partial charge in [-0.25, -0.2) is 4.98 Å². The molecule has 0 saturated heterocycles. The number of nitrogens with one attached hydrogen (secondary N) is 1. The fourth-order valence-electron chi connectivity index (χ4n) is 0.891. The van der Waals surface area contributed by atoms with Crippen molar-refractivity contribution in [2.75, 3.05) is 6.54 Å². The largest absolute Gasteiger partial charge is 0.347 e. The van der Waals surface area contributed by atoms with Gasteiger partial charge in [0.05, 0.1) is 0 Å². The summed E-state index contributed by atoms with van der Waals surface area (Å²) in [6.45, 7) is 2.22. The number of hydrogen-bond acceptors (Lipinski definition) is 3. The summed E-state index contributed by atoms with van der Waals surface area (Å²) in [5.41, 5.74) is 5.67. The average Bonchev–Trinajstić information content (AvgIpc) is 2.17. The Labute approximate surface area is 99.6 Å². The molecule has 0 fully saturated rings. The second kappa shape index (κ2) is 6.61. The highest BCUT2D eigenvalue weighted by molar-refractivity contribution is 6.29. The van der Waals surface area contributed by atoms with Crippen molar-refractivity contribution in [3.05, 3.63) is 29.0 Å². The Balaban J connectivity index is 0.00000196. The number of pyridine rings is 1. The number of carbonyl (C=O) groups excluding carboxylic acids is 1. The summed E-state index contributed by atoms with van der Waals surface area (Å²) in [5.74, 6) is -0.259. The highest BCUT2D eigenvalue weighted by Gasteiger charge is 2.09. The van der Waals surface area contributed by atoms with Crippen LogP contribution in [-0.2, 0) is 0 Å². The van der Waals surface area contributed by atoms with Gasteiger partial charge < -0.3 is 11.1 Å². The third-order valence-corrected chi connectivity index (χ3v) is 1.89. The lowest BCUT2D eigenvalue weighted by Crippen LogP contribution is -2.38. The molecule has 3 N–H and O–H groups in total. The van der Waals surface area contributed by atoms with Crippen LogP contribution in [0, 0.1) is 0 Å². The van der Waals surface area contributed by atoms with Crippen LogP contribution in [0.15, 0.2) is 18.2 Å². The molecular formula is C9H13Cl2N3O. The minimum Gasteiger partial charge on any atom is -0.347 e. The maximum atomic E-state index is 11.5. The SMILES string of the molecule is C[C@H](CN)NC(=O)c1cccc(Cl)n1.Cl. The standard InChI is InChI=1S/C9H12ClN3O.ClH/c1-6(5-11)12-9(14)7-3-2-4-8(10)13-7;/h2-4,6H,5,11H2,1H3,(H,12,14);1H/t6-;/m1./s1. The van der Waals surface area contributed by atoms with Gasteiger partial charge in [0.1, 0.15) is 10.8 Å². The molecule has 1 atom stereocenters. The average molecular weight is 250 g/mol. The first-order valence-electron chi connectivity index (χ1n) is 4.27. The first-order chi connectivity index (χ1) is 6.63. The highest BCUT2D eigenvalue weighted by Crippen LogP contribution is 2.04. The number of amides is 1. The zero-order valence-electron chi connectivity index (χ0n) is 8.24. The quantitative estimate of drug-likeness (QED) is 0.793. The Kier molecular flexibility index (Phi) is 6.24. The monoisotopic (exact) mass is 249 g/mol. The number of aromatic nitrogens is 1.